The van der Waals surface area contributed by atoms with Gasteiger partial charge in [-0.05, 0) is 78.8 Å². The van der Waals surface area contributed by atoms with Gasteiger partial charge in [-0.3, -0.25) is 9.59 Å². The lowest BCUT2D eigenvalue weighted by Crippen LogP contribution is -2.32. The summed E-state index contributed by atoms with van der Waals surface area (Å²) in [6.45, 7) is 9.46. The van der Waals surface area contributed by atoms with Crippen molar-refractivity contribution < 1.29 is 14.7 Å². The van der Waals surface area contributed by atoms with Gasteiger partial charge in [-0.2, -0.15) is 0 Å². The molecule has 1 unspecified atom stereocenters. The summed E-state index contributed by atoms with van der Waals surface area (Å²) in [4.78, 5) is 26.5. The molecule has 0 bridgehead atoms. The van der Waals surface area contributed by atoms with Crippen LogP contribution in [-0.2, 0) is 16.0 Å². The average molecular weight is 535 g/mol. The van der Waals surface area contributed by atoms with E-state index in [0.717, 1.165) is 28.0 Å². The predicted molar refractivity (Wildman–Crippen MR) is 158 cm³/mol. The van der Waals surface area contributed by atoms with Gasteiger partial charge in [0.1, 0.15) is 15.4 Å². The third kappa shape index (κ3) is 7.43. The molecule has 3 rings (SSSR count). The second kappa shape index (κ2) is 12.4. The summed E-state index contributed by atoms with van der Waals surface area (Å²) in [6, 6.07) is 17.5. The molecule has 0 saturated heterocycles. The summed E-state index contributed by atoms with van der Waals surface area (Å²) >= 11 is 7.11. The van der Waals surface area contributed by atoms with Crippen LogP contribution in [0.5, 0.6) is 0 Å². The number of allylic oxidation sites excluding steroid dienone is 4. The average Bonchev–Trinajstić information content (AvgIpc) is 2.88. The molecule has 194 valence electrons. The molecule has 0 spiro atoms. The summed E-state index contributed by atoms with van der Waals surface area (Å²) in [7, 11) is 0. The van der Waals surface area contributed by atoms with Crippen LogP contribution < -0.4 is 10.6 Å². The molecule has 7 heteroatoms. The first kappa shape index (κ1) is 28.4. The highest BCUT2D eigenvalue weighted by molar-refractivity contribution is 8.05. The molecule has 2 aromatic rings. The predicted octanol–water partition coefficient (Wildman–Crippen LogP) is 6.98. The zero-order chi connectivity index (χ0) is 27.2. The Kier molecular flexibility index (Phi) is 9.51. The maximum atomic E-state index is 13.5. The number of nitrogens with one attached hydrogen (secondary N) is 2. The van der Waals surface area contributed by atoms with E-state index in [-0.39, 0.29) is 11.8 Å². The lowest BCUT2D eigenvalue weighted by molar-refractivity contribution is -0.138. The number of carboxylic acid groups (broad SMARTS) is 1. The van der Waals surface area contributed by atoms with Crippen LogP contribution in [0.2, 0.25) is 0 Å². The van der Waals surface area contributed by atoms with Gasteiger partial charge in [0.05, 0.1) is 0 Å². The minimum absolute atomic E-state index is 0.108. The van der Waals surface area contributed by atoms with Gasteiger partial charge in [-0.1, -0.05) is 80.7 Å². The van der Waals surface area contributed by atoms with Gasteiger partial charge in [0, 0.05) is 5.69 Å². The van der Waals surface area contributed by atoms with Crippen molar-refractivity contribution >= 4 is 52.1 Å². The SMILES string of the molecule is CCc1ccc(NC(=O)/C(NC(=S)C2=CC=C(SC(C)(C)C(=O)O)C(C)C2)=C(/C)c2ccccc2)cc1. The van der Waals surface area contributed by atoms with Crippen molar-refractivity contribution in [2.45, 2.75) is 52.2 Å². The number of rotatable bonds is 9. The van der Waals surface area contributed by atoms with Gasteiger partial charge < -0.3 is 15.7 Å². The zero-order valence-corrected chi connectivity index (χ0v) is 23.6. The second-order valence-electron chi connectivity index (χ2n) is 9.61. The van der Waals surface area contributed by atoms with Gasteiger partial charge in [0.15, 0.2) is 0 Å². The van der Waals surface area contributed by atoms with E-state index in [0.29, 0.717) is 22.8 Å². The van der Waals surface area contributed by atoms with Gasteiger partial charge in [0.25, 0.3) is 5.91 Å². The van der Waals surface area contributed by atoms with Crippen molar-refractivity contribution in [3.63, 3.8) is 0 Å². The number of hydrogen-bond acceptors (Lipinski definition) is 4. The molecule has 1 aliphatic carbocycles. The van der Waals surface area contributed by atoms with Crippen molar-refractivity contribution in [3.8, 4) is 0 Å². The number of carbonyl (C=O) groups excluding carboxylic acids is 1. The van der Waals surface area contributed by atoms with Crippen molar-refractivity contribution in [1.82, 2.24) is 5.32 Å². The van der Waals surface area contributed by atoms with Crippen LogP contribution >= 0.6 is 24.0 Å². The molecule has 1 amide bonds. The Labute approximate surface area is 229 Å². The summed E-state index contributed by atoms with van der Waals surface area (Å²) in [5.41, 5.74) is 4.91. The third-order valence-electron chi connectivity index (χ3n) is 6.31. The van der Waals surface area contributed by atoms with Crippen molar-refractivity contribution in [1.29, 1.82) is 0 Å². The molecular formula is C30H34N2O3S2. The van der Waals surface area contributed by atoms with E-state index >= 15 is 0 Å². The molecule has 37 heavy (non-hydrogen) atoms. The quantitative estimate of drug-likeness (QED) is 0.238. The highest BCUT2D eigenvalue weighted by atomic mass is 32.2. The second-order valence-corrected chi connectivity index (χ2v) is 11.7. The molecule has 2 aromatic carbocycles. The van der Waals surface area contributed by atoms with E-state index in [1.165, 1.54) is 17.3 Å². The number of benzene rings is 2. The third-order valence-corrected chi connectivity index (χ3v) is 8.13. The van der Waals surface area contributed by atoms with Crippen LogP contribution in [0.15, 0.2) is 82.9 Å². The normalized spacial score (nSPS) is 16.2. The van der Waals surface area contributed by atoms with Crippen LogP contribution in [0, 0.1) is 5.92 Å². The fourth-order valence-corrected chi connectivity index (χ4v) is 5.20. The first-order valence-corrected chi connectivity index (χ1v) is 13.6. The van der Waals surface area contributed by atoms with E-state index in [1.807, 2.05) is 73.7 Å². The van der Waals surface area contributed by atoms with Crippen molar-refractivity contribution in [2.24, 2.45) is 5.92 Å². The molecule has 0 saturated carbocycles. The first-order chi connectivity index (χ1) is 17.5. The smallest absolute Gasteiger partial charge is 0.319 e. The van der Waals surface area contributed by atoms with Crippen LogP contribution in [-0.4, -0.2) is 26.7 Å². The Hall–Kier alpha value is -3.16. The molecule has 1 aliphatic rings. The number of aryl methyl sites for hydroxylation is 1. The van der Waals surface area contributed by atoms with E-state index < -0.39 is 10.7 Å². The Morgan fingerprint density at radius 2 is 1.73 bits per heavy atom. The lowest BCUT2D eigenvalue weighted by atomic mass is 9.95. The van der Waals surface area contributed by atoms with Gasteiger partial charge in [0.2, 0.25) is 0 Å². The molecule has 5 nitrogen and oxygen atoms in total. The van der Waals surface area contributed by atoms with Crippen LogP contribution in [0.1, 0.15) is 52.2 Å². The van der Waals surface area contributed by atoms with Gasteiger partial charge >= 0.3 is 5.97 Å². The highest BCUT2D eigenvalue weighted by Gasteiger charge is 2.32. The number of hydrogen-bond donors (Lipinski definition) is 3. The standard InChI is InChI=1S/C30H34N2O3S2/c1-6-21-12-15-24(16-13-21)31-27(33)26(20(3)22-10-8-7-9-11-22)32-28(36)23-14-17-25(19(2)18-23)37-30(4,5)29(34)35/h7-17,19H,6,18H2,1-5H3,(H,31,33)(H,32,36)(H,34,35)/b26-20+. The number of aliphatic carboxylic acids is 1. The largest absolute Gasteiger partial charge is 0.480 e. The fourth-order valence-electron chi connectivity index (χ4n) is 3.85. The Balaban J connectivity index is 1.87. The van der Waals surface area contributed by atoms with E-state index in [2.05, 4.69) is 24.5 Å². The number of thioether (sulfide) groups is 1. The van der Waals surface area contributed by atoms with E-state index in [9.17, 15) is 14.7 Å². The number of carboxylic acids is 1. The zero-order valence-electron chi connectivity index (χ0n) is 21.9. The topological polar surface area (TPSA) is 78.4 Å². The van der Waals surface area contributed by atoms with Crippen LogP contribution in [0.3, 0.4) is 0 Å². The molecule has 0 fully saturated rings. The molecule has 3 N–H and O–H groups in total. The number of thiocarbonyl (C=S) groups is 1. The number of amides is 1. The van der Waals surface area contributed by atoms with E-state index in [4.69, 9.17) is 12.2 Å². The lowest BCUT2D eigenvalue weighted by Gasteiger charge is -2.27. The summed E-state index contributed by atoms with van der Waals surface area (Å²) < 4.78 is -0.916. The summed E-state index contributed by atoms with van der Waals surface area (Å²) in [6.07, 6.45) is 5.44. The summed E-state index contributed by atoms with van der Waals surface area (Å²) in [5.74, 6) is -1.01. The molecule has 0 heterocycles. The van der Waals surface area contributed by atoms with Gasteiger partial charge in [-0.15, -0.1) is 11.8 Å². The van der Waals surface area contributed by atoms with Crippen LogP contribution in [0.4, 0.5) is 5.69 Å². The van der Waals surface area contributed by atoms with Crippen molar-refractivity contribution in [2.75, 3.05) is 5.32 Å². The van der Waals surface area contributed by atoms with Crippen molar-refractivity contribution in [3.05, 3.63) is 94.1 Å². The maximum Gasteiger partial charge on any atom is 0.319 e. The highest BCUT2D eigenvalue weighted by Crippen LogP contribution is 2.40. The molecular weight excluding hydrogens is 500 g/mol. The minimum atomic E-state index is -0.916. The first-order valence-electron chi connectivity index (χ1n) is 12.3. The number of carbonyl (C=O) groups is 2. The summed E-state index contributed by atoms with van der Waals surface area (Å²) in [5, 5.41) is 15.7. The minimum Gasteiger partial charge on any atom is -0.480 e. The van der Waals surface area contributed by atoms with E-state index in [1.54, 1.807) is 13.8 Å². The molecule has 0 radical (unpaired) electrons. The van der Waals surface area contributed by atoms with Gasteiger partial charge in [-0.25, -0.2) is 0 Å². The maximum absolute atomic E-state index is 13.5. The van der Waals surface area contributed by atoms with Crippen LogP contribution in [0.25, 0.3) is 5.57 Å². The monoisotopic (exact) mass is 534 g/mol. The Bertz CT molecular complexity index is 1260. The molecule has 0 aromatic heterocycles. The molecule has 0 aliphatic heterocycles. The Morgan fingerprint density at radius 1 is 1.08 bits per heavy atom. The number of anilines is 1. The molecule has 1 atom stereocenters. The Morgan fingerprint density at radius 3 is 2.30 bits per heavy atom. The fraction of sp³-hybridized carbons (Fsp3) is 0.300.